The van der Waals surface area contributed by atoms with Crippen LogP contribution in [0.4, 0.5) is 0 Å². The standard InChI is InChI=1S/C25H50O/c1-3-5-7-9-11-12-13-14-15-16-17-18-20-22-24-25(26)23-21-19-10-8-6-4-2/h3-24H2,1-2H3. The lowest BCUT2D eigenvalue weighted by Gasteiger charge is -2.04. The Balaban J connectivity index is 3.11. The smallest absolute Gasteiger partial charge is 0.132 e. The van der Waals surface area contributed by atoms with Crippen LogP contribution in [0.25, 0.3) is 0 Å². The fraction of sp³-hybridized carbons (Fsp3) is 0.960. The van der Waals surface area contributed by atoms with E-state index in [1.807, 2.05) is 0 Å². The van der Waals surface area contributed by atoms with Gasteiger partial charge in [0.1, 0.15) is 5.78 Å². The molecule has 1 nitrogen and oxygen atoms in total. The van der Waals surface area contributed by atoms with Crippen molar-refractivity contribution in [3.05, 3.63) is 0 Å². The SMILES string of the molecule is CCCCCCCCCCCCCCCCC(=O)CCCCCCCC. The van der Waals surface area contributed by atoms with Crippen LogP contribution < -0.4 is 0 Å². The molecule has 1 heteroatoms. The molecule has 0 N–H and O–H groups in total. The minimum Gasteiger partial charge on any atom is -0.300 e. The predicted molar refractivity (Wildman–Crippen MR) is 118 cm³/mol. The Bertz CT molecular complexity index is 271. The van der Waals surface area contributed by atoms with Crippen LogP contribution in [0.1, 0.15) is 155 Å². The van der Waals surface area contributed by atoms with Crippen molar-refractivity contribution in [1.82, 2.24) is 0 Å². The highest BCUT2D eigenvalue weighted by Crippen LogP contribution is 2.14. The zero-order valence-electron chi connectivity index (χ0n) is 18.5. The van der Waals surface area contributed by atoms with Crippen molar-refractivity contribution in [3.63, 3.8) is 0 Å². The third-order valence-electron chi connectivity index (χ3n) is 5.62. The number of hydrogen-bond acceptors (Lipinski definition) is 1. The summed E-state index contributed by atoms with van der Waals surface area (Å²) >= 11 is 0. The first-order valence-corrected chi connectivity index (χ1v) is 12.3. The number of hydrogen-bond donors (Lipinski definition) is 0. The van der Waals surface area contributed by atoms with Crippen molar-refractivity contribution in [1.29, 1.82) is 0 Å². The summed E-state index contributed by atoms with van der Waals surface area (Å²) in [6.45, 7) is 4.54. The molecule has 0 spiro atoms. The molecular weight excluding hydrogens is 316 g/mol. The molecule has 0 bridgehead atoms. The number of carbonyl (C=O) groups is 1. The molecule has 0 saturated carbocycles. The monoisotopic (exact) mass is 366 g/mol. The first kappa shape index (κ1) is 25.7. The first-order chi connectivity index (χ1) is 12.8. The predicted octanol–water partition coefficient (Wildman–Crippen LogP) is 9.18. The summed E-state index contributed by atoms with van der Waals surface area (Å²) in [5, 5.41) is 0. The Morgan fingerprint density at radius 1 is 0.385 bits per heavy atom. The van der Waals surface area contributed by atoms with E-state index in [0.29, 0.717) is 5.78 Å². The van der Waals surface area contributed by atoms with Gasteiger partial charge in [-0.2, -0.15) is 0 Å². The zero-order chi connectivity index (χ0) is 19.1. The Morgan fingerprint density at radius 2 is 0.615 bits per heavy atom. The summed E-state index contributed by atoms with van der Waals surface area (Å²) in [6.07, 6.45) is 28.8. The second-order valence-electron chi connectivity index (χ2n) is 8.40. The topological polar surface area (TPSA) is 17.1 Å². The summed E-state index contributed by atoms with van der Waals surface area (Å²) in [7, 11) is 0. The Kier molecular flexibility index (Phi) is 22.4. The summed E-state index contributed by atoms with van der Waals surface area (Å²) < 4.78 is 0. The van der Waals surface area contributed by atoms with Crippen LogP contribution in [0.3, 0.4) is 0 Å². The van der Waals surface area contributed by atoms with Gasteiger partial charge in [0.15, 0.2) is 0 Å². The average molecular weight is 367 g/mol. The molecule has 0 rings (SSSR count). The van der Waals surface area contributed by atoms with E-state index >= 15 is 0 Å². The van der Waals surface area contributed by atoms with E-state index in [-0.39, 0.29) is 0 Å². The van der Waals surface area contributed by atoms with Crippen molar-refractivity contribution in [3.8, 4) is 0 Å². The lowest BCUT2D eigenvalue weighted by Crippen LogP contribution is -1.97. The third-order valence-corrected chi connectivity index (χ3v) is 5.62. The minimum atomic E-state index is 0.513. The van der Waals surface area contributed by atoms with Crippen molar-refractivity contribution < 1.29 is 4.79 Å². The second kappa shape index (κ2) is 22.7. The Morgan fingerprint density at radius 3 is 0.885 bits per heavy atom. The van der Waals surface area contributed by atoms with E-state index < -0.39 is 0 Å². The van der Waals surface area contributed by atoms with Gasteiger partial charge in [0.05, 0.1) is 0 Å². The Hall–Kier alpha value is -0.330. The molecule has 0 aliphatic heterocycles. The van der Waals surface area contributed by atoms with Crippen LogP contribution in [0, 0.1) is 0 Å². The van der Waals surface area contributed by atoms with Gasteiger partial charge in [-0.05, 0) is 12.8 Å². The number of Topliss-reactive ketones (excluding diaryl/α,β-unsaturated/α-hetero) is 1. The van der Waals surface area contributed by atoms with Crippen LogP contribution in [-0.4, -0.2) is 5.78 Å². The highest BCUT2D eigenvalue weighted by atomic mass is 16.1. The Labute approximate surface area is 166 Å². The van der Waals surface area contributed by atoms with Gasteiger partial charge >= 0.3 is 0 Å². The van der Waals surface area contributed by atoms with Crippen molar-refractivity contribution in [2.75, 3.05) is 0 Å². The van der Waals surface area contributed by atoms with Gasteiger partial charge in [0.25, 0.3) is 0 Å². The van der Waals surface area contributed by atoms with Gasteiger partial charge in [-0.3, -0.25) is 4.79 Å². The van der Waals surface area contributed by atoms with Crippen molar-refractivity contribution in [2.45, 2.75) is 155 Å². The normalized spacial score (nSPS) is 11.2. The molecule has 0 fully saturated rings. The summed E-state index contributed by atoms with van der Waals surface area (Å²) in [6, 6.07) is 0. The van der Waals surface area contributed by atoms with Crippen LogP contribution >= 0.6 is 0 Å². The van der Waals surface area contributed by atoms with Gasteiger partial charge in [0, 0.05) is 12.8 Å². The van der Waals surface area contributed by atoms with Crippen molar-refractivity contribution >= 4 is 5.78 Å². The molecular formula is C25H50O. The van der Waals surface area contributed by atoms with E-state index in [1.165, 1.54) is 116 Å². The number of ketones is 1. The maximum atomic E-state index is 11.9. The summed E-state index contributed by atoms with van der Waals surface area (Å²) in [5.74, 6) is 0.513. The first-order valence-electron chi connectivity index (χ1n) is 12.3. The highest BCUT2D eigenvalue weighted by Gasteiger charge is 2.02. The van der Waals surface area contributed by atoms with Gasteiger partial charge in [-0.25, -0.2) is 0 Å². The molecule has 0 saturated heterocycles. The largest absolute Gasteiger partial charge is 0.300 e. The molecule has 156 valence electrons. The van der Waals surface area contributed by atoms with E-state index in [1.54, 1.807) is 0 Å². The van der Waals surface area contributed by atoms with E-state index in [4.69, 9.17) is 0 Å². The lowest BCUT2D eigenvalue weighted by atomic mass is 10.0. The van der Waals surface area contributed by atoms with E-state index in [0.717, 1.165) is 25.7 Å². The van der Waals surface area contributed by atoms with E-state index in [2.05, 4.69) is 13.8 Å². The van der Waals surface area contributed by atoms with Crippen LogP contribution in [-0.2, 0) is 4.79 Å². The highest BCUT2D eigenvalue weighted by molar-refractivity contribution is 5.78. The second-order valence-corrected chi connectivity index (χ2v) is 8.40. The maximum absolute atomic E-state index is 11.9. The molecule has 0 atom stereocenters. The molecule has 26 heavy (non-hydrogen) atoms. The fourth-order valence-electron chi connectivity index (χ4n) is 3.74. The molecule has 0 radical (unpaired) electrons. The number of rotatable bonds is 22. The number of unbranched alkanes of at least 4 members (excludes halogenated alkanes) is 18. The maximum Gasteiger partial charge on any atom is 0.132 e. The molecule has 0 heterocycles. The quantitative estimate of drug-likeness (QED) is 0.174. The van der Waals surface area contributed by atoms with Crippen LogP contribution in [0.2, 0.25) is 0 Å². The molecule has 0 aliphatic rings. The fourth-order valence-corrected chi connectivity index (χ4v) is 3.74. The summed E-state index contributed by atoms with van der Waals surface area (Å²) in [5.41, 5.74) is 0. The van der Waals surface area contributed by atoms with Crippen LogP contribution in [0.15, 0.2) is 0 Å². The third kappa shape index (κ3) is 21.7. The van der Waals surface area contributed by atoms with E-state index in [9.17, 15) is 4.79 Å². The van der Waals surface area contributed by atoms with Gasteiger partial charge in [0.2, 0.25) is 0 Å². The molecule has 0 aromatic heterocycles. The van der Waals surface area contributed by atoms with Crippen LogP contribution in [0.5, 0.6) is 0 Å². The average Bonchev–Trinajstić information content (AvgIpc) is 2.65. The molecule has 0 aliphatic carbocycles. The molecule has 0 unspecified atom stereocenters. The number of carbonyl (C=O) groups excluding carboxylic acids is 1. The lowest BCUT2D eigenvalue weighted by molar-refractivity contribution is -0.119. The zero-order valence-corrected chi connectivity index (χ0v) is 18.5. The van der Waals surface area contributed by atoms with Gasteiger partial charge in [-0.1, -0.05) is 129 Å². The molecule has 0 amide bonds. The minimum absolute atomic E-state index is 0.513. The summed E-state index contributed by atoms with van der Waals surface area (Å²) in [4.78, 5) is 11.9. The van der Waals surface area contributed by atoms with Gasteiger partial charge in [-0.15, -0.1) is 0 Å². The van der Waals surface area contributed by atoms with Gasteiger partial charge < -0.3 is 0 Å². The van der Waals surface area contributed by atoms with Crippen molar-refractivity contribution in [2.24, 2.45) is 0 Å². The molecule has 0 aromatic rings. The molecule has 0 aromatic carbocycles.